The zero-order valence-electron chi connectivity index (χ0n) is 9.50. The number of hydrogen-bond donors (Lipinski definition) is 1. The highest BCUT2D eigenvalue weighted by Crippen LogP contribution is 2.38. The monoisotopic (exact) mass is 247 g/mol. The Balaban J connectivity index is 1.88. The number of nitrogens with two attached hydrogens (primary N) is 1. The van der Waals surface area contributed by atoms with Crippen LogP contribution in [0.15, 0.2) is 28.3 Å². The second-order valence-corrected chi connectivity index (χ2v) is 5.27. The molecule has 0 spiro atoms. The molecule has 0 saturated heterocycles. The second-order valence-electron chi connectivity index (χ2n) is 4.26. The predicted molar refractivity (Wildman–Crippen MR) is 65.8 cm³/mol. The first-order valence-corrected chi connectivity index (χ1v) is 6.37. The molecule has 17 heavy (non-hydrogen) atoms. The number of aromatic nitrogens is 4. The molecule has 1 saturated carbocycles. The van der Waals surface area contributed by atoms with Crippen molar-refractivity contribution in [2.45, 2.75) is 35.9 Å². The van der Waals surface area contributed by atoms with E-state index < -0.39 is 0 Å². The van der Waals surface area contributed by atoms with Crippen LogP contribution in [0.25, 0.3) is 0 Å². The first-order valence-electron chi connectivity index (χ1n) is 5.56. The number of nitrogens with zero attached hydrogens (tertiary/aromatic N) is 4. The molecule has 5 nitrogen and oxygen atoms in total. The molecule has 88 valence electrons. The lowest BCUT2D eigenvalue weighted by atomic mass is 10.2. The van der Waals surface area contributed by atoms with Gasteiger partial charge in [0, 0.05) is 10.6 Å². The lowest BCUT2D eigenvalue weighted by Gasteiger charge is -2.06. The third-order valence-corrected chi connectivity index (χ3v) is 3.88. The molecule has 1 aliphatic carbocycles. The number of rotatable bonds is 3. The Kier molecular flexibility index (Phi) is 2.51. The van der Waals surface area contributed by atoms with Gasteiger partial charge in [0.05, 0.1) is 6.04 Å². The Hall–Kier alpha value is -1.56. The minimum absolute atomic E-state index is 0.501. The molecule has 1 aliphatic rings. The predicted octanol–water partition coefficient (Wildman–Crippen LogP) is 2.05. The average molecular weight is 247 g/mol. The molecular weight excluding hydrogens is 234 g/mol. The number of nitrogen functional groups attached to an aromatic ring is 1. The van der Waals surface area contributed by atoms with Crippen molar-refractivity contribution in [2.24, 2.45) is 0 Å². The molecular formula is C11H13N5S. The Labute approximate surface area is 103 Å². The maximum absolute atomic E-state index is 5.73. The van der Waals surface area contributed by atoms with Gasteiger partial charge in [0.1, 0.15) is 0 Å². The van der Waals surface area contributed by atoms with Crippen LogP contribution in [0.1, 0.15) is 24.4 Å². The summed E-state index contributed by atoms with van der Waals surface area (Å²) >= 11 is 1.60. The van der Waals surface area contributed by atoms with Crippen molar-refractivity contribution in [1.82, 2.24) is 20.2 Å². The lowest BCUT2D eigenvalue weighted by Crippen LogP contribution is -1.98. The summed E-state index contributed by atoms with van der Waals surface area (Å²) < 4.78 is 1.92. The molecule has 0 bridgehead atoms. The Bertz CT molecular complexity index is 547. The molecule has 2 aromatic rings. The summed E-state index contributed by atoms with van der Waals surface area (Å²) in [6.07, 6.45) is 2.36. The van der Waals surface area contributed by atoms with E-state index in [0.717, 1.165) is 21.3 Å². The molecule has 0 radical (unpaired) electrons. The van der Waals surface area contributed by atoms with Gasteiger partial charge in [-0.3, -0.25) is 0 Å². The molecule has 0 aliphatic heterocycles. The molecule has 0 atom stereocenters. The van der Waals surface area contributed by atoms with Crippen LogP contribution >= 0.6 is 11.8 Å². The van der Waals surface area contributed by atoms with Gasteiger partial charge in [0.2, 0.25) is 5.16 Å². The Morgan fingerprint density at radius 3 is 2.94 bits per heavy atom. The fourth-order valence-corrected chi connectivity index (χ4v) is 2.60. The van der Waals surface area contributed by atoms with E-state index in [1.54, 1.807) is 11.8 Å². The molecule has 6 heteroatoms. The zero-order chi connectivity index (χ0) is 11.8. The second kappa shape index (κ2) is 4.03. The summed E-state index contributed by atoms with van der Waals surface area (Å²) in [4.78, 5) is 1.15. The summed E-state index contributed by atoms with van der Waals surface area (Å²) in [6, 6.07) is 6.39. The van der Waals surface area contributed by atoms with E-state index in [-0.39, 0.29) is 0 Å². The van der Waals surface area contributed by atoms with Gasteiger partial charge < -0.3 is 5.73 Å². The minimum atomic E-state index is 0.501. The normalized spacial score (nSPS) is 15.1. The summed E-state index contributed by atoms with van der Waals surface area (Å²) in [7, 11) is 0. The molecule has 1 heterocycles. The van der Waals surface area contributed by atoms with Gasteiger partial charge in [0.15, 0.2) is 0 Å². The molecule has 1 aromatic heterocycles. The highest BCUT2D eigenvalue weighted by atomic mass is 32.2. The van der Waals surface area contributed by atoms with Crippen LogP contribution in [0.4, 0.5) is 5.69 Å². The van der Waals surface area contributed by atoms with Gasteiger partial charge in [0.25, 0.3) is 0 Å². The van der Waals surface area contributed by atoms with E-state index in [0.29, 0.717) is 6.04 Å². The van der Waals surface area contributed by atoms with Crippen LogP contribution in [0, 0.1) is 6.92 Å². The SMILES string of the molecule is Cc1cc(N)ccc1Sc1nnnn1C1CC1. The quantitative estimate of drug-likeness (QED) is 0.841. The van der Waals surface area contributed by atoms with Crippen molar-refractivity contribution in [1.29, 1.82) is 0 Å². The van der Waals surface area contributed by atoms with E-state index in [1.165, 1.54) is 12.8 Å². The molecule has 1 fully saturated rings. The summed E-state index contributed by atoms with van der Waals surface area (Å²) in [6.45, 7) is 2.05. The minimum Gasteiger partial charge on any atom is -0.399 e. The van der Waals surface area contributed by atoms with Crippen molar-refractivity contribution in [3.63, 3.8) is 0 Å². The Morgan fingerprint density at radius 2 is 2.24 bits per heavy atom. The summed E-state index contributed by atoms with van der Waals surface area (Å²) in [5, 5.41) is 12.7. The first-order chi connectivity index (χ1) is 8.24. The van der Waals surface area contributed by atoms with Gasteiger partial charge in [-0.1, -0.05) is 0 Å². The highest BCUT2D eigenvalue weighted by Gasteiger charge is 2.28. The molecule has 1 aromatic carbocycles. The number of benzene rings is 1. The van der Waals surface area contributed by atoms with Crippen molar-refractivity contribution < 1.29 is 0 Å². The standard InChI is InChI=1S/C11H13N5S/c1-7-6-8(12)2-5-10(7)17-11-13-14-15-16(11)9-3-4-9/h2,5-6,9H,3-4,12H2,1H3. The maximum Gasteiger partial charge on any atom is 0.214 e. The van der Waals surface area contributed by atoms with E-state index in [4.69, 9.17) is 5.73 Å². The maximum atomic E-state index is 5.73. The highest BCUT2D eigenvalue weighted by molar-refractivity contribution is 7.99. The smallest absolute Gasteiger partial charge is 0.214 e. The molecule has 2 N–H and O–H groups in total. The largest absolute Gasteiger partial charge is 0.399 e. The van der Waals surface area contributed by atoms with Gasteiger partial charge in [-0.25, -0.2) is 4.68 Å². The van der Waals surface area contributed by atoms with E-state index in [9.17, 15) is 0 Å². The van der Waals surface area contributed by atoms with Gasteiger partial charge in [-0.15, -0.1) is 5.10 Å². The lowest BCUT2D eigenvalue weighted by molar-refractivity contribution is 0.565. The first kappa shape index (κ1) is 10.6. The Morgan fingerprint density at radius 1 is 1.41 bits per heavy atom. The number of anilines is 1. The van der Waals surface area contributed by atoms with E-state index in [2.05, 4.69) is 15.5 Å². The van der Waals surface area contributed by atoms with E-state index in [1.807, 2.05) is 29.8 Å². The van der Waals surface area contributed by atoms with Crippen LogP contribution in [-0.4, -0.2) is 20.2 Å². The molecule has 0 unspecified atom stereocenters. The van der Waals surface area contributed by atoms with E-state index >= 15 is 0 Å². The number of aryl methyl sites for hydroxylation is 1. The van der Waals surface area contributed by atoms with Gasteiger partial charge >= 0.3 is 0 Å². The van der Waals surface area contributed by atoms with Crippen molar-refractivity contribution >= 4 is 17.4 Å². The van der Waals surface area contributed by atoms with Crippen molar-refractivity contribution in [2.75, 3.05) is 5.73 Å². The zero-order valence-corrected chi connectivity index (χ0v) is 10.3. The van der Waals surface area contributed by atoms with Crippen LogP contribution in [0.2, 0.25) is 0 Å². The third-order valence-electron chi connectivity index (χ3n) is 2.76. The van der Waals surface area contributed by atoms with Crippen molar-refractivity contribution in [3.8, 4) is 0 Å². The molecule has 0 amide bonds. The fraction of sp³-hybridized carbons (Fsp3) is 0.364. The number of hydrogen-bond acceptors (Lipinski definition) is 5. The molecule has 3 rings (SSSR count). The van der Waals surface area contributed by atoms with Crippen LogP contribution in [-0.2, 0) is 0 Å². The summed E-state index contributed by atoms with van der Waals surface area (Å²) in [5.41, 5.74) is 7.67. The van der Waals surface area contributed by atoms with Gasteiger partial charge in [-0.2, -0.15) is 0 Å². The van der Waals surface area contributed by atoms with Crippen LogP contribution < -0.4 is 5.73 Å². The number of tetrazole rings is 1. The summed E-state index contributed by atoms with van der Waals surface area (Å²) in [5.74, 6) is 0. The third kappa shape index (κ3) is 2.12. The van der Waals surface area contributed by atoms with Gasteiger partial charge in [-0.05, 0) is 65.7 Å². The van der Waals surface area contributed by atoms with Crippen LogP contribution in [0.3, 0.4) is 0 Å². The van der Waals surface area contributed by atoms with Crippen molar-refractivity contribution in [3.05, 3.63) is 23.8 Å². The topological polar surface area (TPSA) is 69.6 Å². The fourth-order valence-electron chi connectivity index (χ4n) is 1.69. The van der Waals surface area contributed by atoms with Crippen LogP contribution in [0.5, 0.6) is 0 Å². The average Bonchev–Trinajstić information content (AvgIpc) is 3.03.